The number of aromatic nitrogens is 2. The largest absolute Gasteiger partial charge is 0.298 e. The molecule has 0 radical (unpaired) electrons. The first-order valence-corrected chi connectivity index (χ1v) is 6.67. The Bertz CT molecular complexity index is 367. The van der Waals surface area contributed by atoms with Gasteiger partial charge in [-0.1, -0.05) is 27.7 Å². The molecular formula is C14H24N2O. The second kappa shape index (κ2) is 6.58. The first-order valence-electron chi connectivity index (χ1n) is 6.67. The van der Waals surface area contributed by atoms with E-state index in [1.165, 1.54) is 6.42 Å². The molecule has 0 aromatic carbocycles. The van der Waals surface area contributed by atoms with Crippen molar-refractivity contribution in [3.05, 3.63) is 17.0 Å². The van der Waals surface area contributed by atoms with E-state index in [1.54, 1.807) is 0 Å². The van der Waals surface area contributed by atoms with Gasteiger partial charge in [0.15, 0.2) is 6.29 Å². The van der Waals surface area contributed by atoms with Gasteiger partial charge in [0.1, 0.15) is 0 Å². The molecule has 17 heavy (non-hydrogen) atoms. The normalized spacial score (nSPS) is 11.1. The predicted molar refractivity (Wildman–Crippen MR) is 70.4 cm³/mol. The highest BCUT2D eigenvalue weighted by atomic mass is 16.1. The van der Waals surface area contributed by atoms with Gasteiger partial charge in [0.05, 0.1) is 11.3 Å². The zero-order valence-corrected chi connectivity index (χ0v) is 11.5. The molecule has 0 unspecified atom stereocenters. The van der Waals surface area contributed by atoms with Gasteiger partial charge in [-0.3, -0.25) is 9.48 Å². The van der Waals surface area contributed by atoms with Gasteiger partial charge in [-0.25, -0.2) is 0 Å². The Morgan fingerprint density at radius 1 is 1.29 bits per heavy atom. The molecule has 1 aromatic heterocycles. The Kier molecular flexibility index (Phi) is 5.39. The average molecular weight is 236 g/mol. The summed E-state index contributed by atoms with van der Waals surface area (Å²) in [5.41, 5.74) is 2.86. The molecule has 1 heterocycles. The highest BCUT2D eigenvalue weighted by Crippen LogP contribution is 2.15. The van der Waals surface area contributed by atoms with Crippen molar-refractivity contribution >= 4 is 6.29 Å². The molecule has 0 spiro atoms. The molecule has 0 bridgehead atoms. The molecule has 0 amide bonds. The highest BCUT2D eigenvalue weighted by Gasteiger charge is 2.14. The van der Waals surface area contributed by atoms with E-state index < -0.39 is 0 Å². The second-order valence-corrected chi connectivity index (χ2v) is 4.89. The van der Waals surface area contributed by atoms with Gasteiger partial charge in [0.2, 0.25) is 0 Å². The lowest BCUT2D eigenvalue weighted by atomic mass is 10.1. The summed E-state index contributed by atoms with van der Waals surface area (Å²) < 4.78 is 2.03. The van der Waals surface area contributed by atoms with E-state index in [0.29, 0.717) is 0 Å². The zero-order chi connectivity index (χ0) is 12.8. The number of aryl methyl sites for hydroxylation is 2. The lowest BCUT2D eigenvalue weighted by molar-refractivity contribution is 0.112. The van der Waals surface area contributed by atoms with Crippen molar-refractivity contribution in [3.63, 3.8) is 0 Å². The van der Waals surface area contributed by atoms with Crippen LogP contribution >= 0.6 is 0 Å². The zero-order valence-electron chi connectivity index (χ0n) is 11.5. The van der Waals surface area contributed by atoms with Gasteiger partial charge in [0, 0.05) is 12.2 Å². The minimum atomic E-state index is 0.729. The van der Waals surface area contributed by atoms with Gasteiger partial charge in [-0.2, -0.15) is 5.10 Å². The van der Waals surface area contributed by atoms with Crippen LogP contribution in [0, 0.1) is 5.92 Å². The molecule has 0 fully saturated rings. The molecule has 1 aromatic rings. The maximum absolute atomic E-state index is 11.1. The first-order chi connectivity index (χ1) is 8.13. The van der Waals surface area contributed by atoms with Crippen molar-refractivity contribution in [3.8, 4) is 0 Å². The Labute approximate surface area is 104 Å². The minimum Gasteiger partial charge on any atom is -0.298 e. The third kappa shape index (κ3) is 3.42. The van der Waals surface area contributed by atoms with Crippen LogP contribution in [0.25, 0.3) is 0 Å². The lowest BCUT2D eigenvalue weighted by Gasteiger charge is -2.07. The number of aldehydes is 1. The van der Waals surface area contributed by atoms with Crippen molar-refractivity contribution in [1.82, 2.24) is 9.78 Å². The summed E-state index contributed by atoms with van der Waals surface area (Å²) >= 11 is 0. The lowest BCUT2D eigenvalue weighted by Crippen LogP contribution is -2.06. The van der Waals surface area contributed by atoms with Crippen molar-refractivity contribution in [2.45, 2.75) is 59.9 Å². The highest BCUT2D eigenvalue weighted by molar-refractivity contribution is 5.78. The molecule has 0 saturated carbocycles. The smallest absolute Gasteiger partial charge is 0.153 e. The molecule has 96 valence electrons. The fourth-order valence-corrected chi connectivity index (χ4v) is 2.17. The van der Waals surface area contributed by atoms with Crippen LogP contribution in [0.15, 0.2) is 0 Å². The van der Waals surface area contributed by atoms with E-state index in [0.717, 1.165) is 55.0 Å². The molecule has 1 rings (SSSR count). The van der Waals surface area contributed by atoms with Crippen LogP contribution in [0.2, 0.25) is 0 Å². The van der Waals surface area contributed by atoms with E-state index in [9.17, 15) is 4.79 Å². The van der Waals surface area contributed by atoms with Crippen LogP contribution in [0.1, 0.15) is 62.3 Å². The summed E-state index contributed by atoms with van der Waals surface area (Å²) in [6.45, 7) is 9.54. The van der Waals surface area contributed by atoms with E-state index in [-0.39, 0.29) is 0 Å². The van der Waals surface area contributed by atoms with E-state index >= 15 is 0 Å². The second-order valence-electron chi connectivity index (χ2n) is 4.89. The van der Waals surface area contributed by atoms with Crippen LogP contribution < -0.4 is 0 Å². The molecule has 0 atom stereocenters. The number of hydrogen-bond acceptors (Lipinski definition) is 2. The molecule has 0 N–H and O–H groups in total. The van der Waals surface area contributed by atoms with Gasteiger partial charge >= 0.3 is 0 Å². The van der Waals surface area contributed by atoms with Crippen molar-refractivity contribution < 1.29 is 4.79 Å². The minimum absolute atomic E-state index is 0.729. The number of carbonyl (C=O) groups is 1. The van der Waals surface area contributed by atoms with Crippen molar-refractivity contribution in [2.75, 3.05) is 0 Å². The molecule has 0 aliphatic carbocycles. The Morgan fingerprint density at radius 3 is 2.47 bits per heavy atom. The molecule has 3 nitrogen and oxygen atoms in total. The number of nitrogens with zero attached hydrogens (tertiary/aromatic N) is 2. The van der Waals surface area contributed by atoms with Crippen LogP contribution in [-0.4, -0.2) is 16.1 Å². The van der Waals surface area contributed by atoms with Crippen molar-refractivity contribution in [2.24, 2.45) is 5.92 Å². The maximum atomic E-state index is 11.1. The third-order valence-corrected chi connectivity index (χ3v) is 3.11. The van der Waals surface area contributed by atoms with Gasteiger partial charge in [0.25, 0.3) is 0 Å². The van der Waals surface area contributed by atoms with Gasteiger partial charge < -0.3 is 0 Å². The van der Waals surface area contributed by atoms with E-state index in [2.05, 4.69) is 25.9 Å². The number of carbonyl (C=O) groups excluding carboxylic acids is 1. The molecule has 0 saturated heterocycles. The molecule has 0 aliphatic heterocycles. The molecule has 0 aliphatic rings. The van der Waals surface area contributed by atoms with E-state index in [4.69, 9.17) is 0 Å². The predicted octanol–water partition coefficient (Wildman–Crippen LogP) is 3.26. The average Bonchev–Trinajstić information content (AvgIpc) is 2.65. The summed E-state index contributed by atoms with van der Waals surface area (Å²) in [6.07, 6.45) is 5.01. The summed E-state index contributed by atoms with van der Waals surface area (Å²) in [4.78, 5) is 11.1. The Balaban J connectivity index is 2.83. The Morgan fingerprint density at radius 2 is 2.00 bits per heavy atom. The maximum Gasteiger partial charge on any atom is 0.153 e. The molecule has 3 heteroatoms. The third-order valence-electron chi connectivity index (χ3n) is 3.11. The van der Waals surface area contributed by atoms with Crippen LogP contribution in [-0.2, 0) is 19.4 Å². The molecular weight excluding hydrogens is 212 g/mol. The van der Waals surface area contributed by atoms with Crippen LogP contribution in [0.5, 0.6) is 0 Å². The van der Waals surface area contributed by atoms with Crippen LogP contribution in [0.4, 0.5) is 0 Å². The van der Waals surface area contributed by atoms with Crippen LogP contribution in [0.3, 0.4) is 0 Å². The topological polar surface area (TPSA) is 34.9 Å². The summed E-state index contributed by atoms with van der Waals surface area (Å²) in [5.74, 6) is 0.729. The summed E-state index contributed by atoms with van der Waals surface area (Å²) in [5, 5.41) is 4.55. The van der Waals surface area contributed by atoms with Gasteiger partial charge in [-0.15, -0.1) is 0 Å². The standard InChI is InChI=1S/C14H24N2O/c1-5-13-12(10-17)14(6-2)16(15-13)9-7-8-11(3)4/h10-11H,5-9H2,1-4H3. The fraction of sp³-hybridized carbons (Fsp3) is 0.714. The summed E-state index contributed by atoms with van der Waals surface area (Å²) in [7, 11) is 0. The van der Waals surface area contributed by atoms with E-state index in [1.807, 2.05) is 11.6 Å². The summed E-state index contributed by atoms with van der Waals surface area (Å²) in [6, 6.07) is 0. The monoisotopic (exact) mass is 236 g/mol. The number of rotatable bonds is 7. The quantitative estimate of drug-likeness (QED) is 0.681. The number of hydrogen-bond donors (Lipinski definition) is 0. The first kappa shape index (κ1) is 13.9. The SMILES string of the molecule is CCc1nn(CCCC(C)C)c(CC)c1C=O. The van der Waals surface area contributed by atoms with Gasteiger partial charge in [-0.05, 0) is 31.6 Å². The van der Waals surface area contributed by atoms with Crippen molar-refractivity contribution in [1.29, 1.82) is 0 Å². The Hall–Kier alpha value is -1.12. The fourth-order valence-electron chi connectivity index (χ4n) is 2.17.